The van der Waals surface area contributed by atoms with Crippen molar-refractivity contribution >= 4 is 0 Å². The Labute approximate surface area is 79.7 Å². The lowest BCUT2D eigenvalue weighted by molar-refractivity contribution is -0.586. The molecule has 0 saturated heterocycles. The van der Waals surface area contributed by atoms with Crippen molar-refractivity contribution in [1.82, 2.24) is 9.78 Å². The Bertz CT molecular complexity index is 331. The van der Waals surface area contributed by atoms with Gasteiger partial charge in [0.05, 0.1) is 11.8 Å². The highest BCUT2D eigenvalue weighted by Gasteiger charge is 2.45. The molecular weight excluding hydrogens is 190 g/mol. The van der Waals surface area contributed by atoms with Crippen molar-refractivity contribution in [2.45, 2.75) is 5.54 Å². The fourth-order valence-corrected chi connectivity index (χ4v) is 1.11. The highest BCUT2D eigenvalue weighted by molar-refractivity contribution is 5.15. The van der Waals surface area contributed by atoms with E-state index in [0.717, 1.165) is 0 Å². The number of rotatable bonds is 4. The standard InChI is InChI=1S/C7H11N3O4/c1-9-3-6(2-8-9)7(4-11,5-12)10(13)14/h2-3,11-12H,4-5H2,1H3. The molecule has 0 unspecified atom stereocenters. The van der Waals surface area contributed by atoms with E-state index in [1.807, 2.05) is 0 Å². The van der Waals surface area contributed by atoms with E-state index in [4.69, 9.17) is 10.2 Å². The van der Waals surface area contributed by atoms with E-state index in [1.54, 1.807) is 7.05 Å². The summed E-state index contributed by atoms with van der Waals surface area (Å²) in [5.74, 6) is 0. The minimum atomic E-state index is -1.85. The SMILES string of the molecule is Cn1cc(C(CO)(CO)[N+](=O)[O-])cn1. The van der Waals surface area contributed by atoms with Crippen molar-refractivity contribution in [1.29, 1.82) is 0 Å². The number of nitrogens with zero attached hydrogens (tertiary/aromatic N) is 3. The minimum absolute atomic E-state index is 0.190. The summed E-state index contributed by atoms with van der Waals surface area (Å²) in [5.41, 5.74) is -1.66. The fourth-order valence-electron chi connectivity index (χ4n) is 1.11. The zero-order valence-electron chi connectivity index (χ0n) is 7.62. The average molecular weight is 201 g/mol. The summed E-state index contributed by atoms with van der Waals surface area (Å²) in [6, 6.07) is 0. The number of aromatic nitrogens is 2. The van der Waals surface area contributed by atoms with Gasteiger partial charge in [0.15, 0.2) is 0 Å². The minimum Gasteiger partial charge on any atom is -0.388 e. The lowest BCUT2D eigenvalue weighted by atomic mass is 9.96. The zero-order valence-corrected chi connectivity index (χ0v) is 7.62. The van der Waals surface area contributed by atoms with E-state index >= 15 is 0 Å². The molecule has 2 N–H and O–H groups in total. The number of aliphatic hydroxyl groups excluding tert-OH is 2. The van der Waals surface area contributed by atoms with Gasteiger partial charge in [0.1, 0.15) is 13.2 Å². The van der Waals surface area contributed by atoms with Gasteiger partial charge >= 0.3 is 0 Å². The third kappa shape index (κ3) is 1.47. The van der Waals surface area contributed by atoms with Crippen molar-refractivity contribution < 1.29 is 15.1 Å². The third-order valence-corrected chi connectivity index (χ3v) is 2.11. The summed E-state index contributed by atoms with van der Waals surface area (Å²) in [6.45, 7) is -1.52. The van der Waals surface area contributed by atoms with Gasteiger partial charge in [-0.05, 0) is 0 Å². The first kappa shape index (κ1) is 10.6. The van der Waals surface area contributed by atoms with Gasteiger partial charge in [0.25, 0.3) is 5.54 Å². The van der Waals surface area contributed by atoms with E-state index < -0.39 is 23.7 Å². The van der Waals surface area contributed by atoms with Crippen LogP contribution in [0.25, 0.3) is 0 Å². The number of aryl methyl sites for hydroxylation is 1. The molecule has 0 radical (unpaired) electrons. The average Bonchev–Trinajstić information content (AvgIpc) is 2.55. The van der Waals surface area contributed by atoms with Crippen LogP contribution in [0.2, 0.25) is 0 Å². The van der Waals surface area contributed by atoms with Gasteiger partial charge in [-0.15, -0.1) is 0 Å². The van der Waals surface area contributed by atoms with Gasteiger partial charge < -0.3 is 10.2 Å². The maximum Gasteiger partial charge on any atom is 0.295 e. The summed E-state index contributed by atoms with van der Waals surface area (Å²) in [4.78, 5) is 10.0. The summed E-state index contributed by atoms with van der Waals surface area (Å²) >= 11 is 0. The molecule has 0 atom stereocenters. The second-order valence-electron chi connectivity index (χ2n) is 3.01. The van der Waals surface area contributed by atoms with E-state index in [9.17, 15) is 10.1 Å². The molecule has 0 amide bonds. The molecule has 78 valence electrons. The quantitative estimate of drug-likeness (QED) is 0.474. The molecule has 1 aromatic rings. The largest absolute Gasteiger partial charge is 0.388 e. The molecule has 7 heteroatoms. The predicted octanol–water partition coefficient (Wildman–Crippen LogP) is -1.12. The number of hydrogen-bond acceptors (Lipinski definition) is 5. The number of nitro groups is 1. The van der Waals surface area contributed by atoms with Crippen LogP contribution in [0.4, 0.5) is 0 Å². The first-order chi connectivity index (χ1) is 6.56. The predicted molar refractivity (Wildman–Crippen MR) is 46.1 cm³/mol. The van der Waals surface area contributed by atoms with Gasteiger partial charge in [-0.2, -0.15) is 5.10 Å². The molecule has 0 aliphatic carbocycles. The highest BCUT2D eigenvalue weighted by Crippen LogP contribution is 2.23. The van der Waals surface area contributed by atoms with E-state index in [1.165, 1.54) is 17.1 Å². The Hall–Kier alpha value is -1.47. The highest BCUT2D eigenvalue weighted by atomic mass is 16.6. The summed E-state index contributed by atoms with van der Waals surface area (Å²) < 4.78 is 1.37. The topological polar surface area (TPSA) is 101 Å². The van der Waals surface area contributed by atoms with Crippen LogP contribution in [0.15, 0.2) is 12.4 Å². The molecule has 0 spiro atoms. The van der Waals surface area contributed by atoms with Crippen LogP contribution in [-0.2, 0) is 12.6 Å². The molecule has 0 aliphatic heterocycles. The summed E-state index contributed by atoms with van der Waals surface area (Å²) in [5, 5.41) is 32.4. The van der Waals surface area contributed by atoms with Gasteiger partial charge in [-0.25, -0.2) is 0 Å². The summed E-state index contributed by atoms with van der Waals surface area (Å²) in [6.07, 6.45) is 2.66. The smallest absolute Gasteiger partial charge is 0.295 e. The Kier molecular flexibility index (Phi) is 2.82. The maximum absolute atomic E-state index is 10.7. The molecule has 0 bridgehead atoms. The maximum atomic E-state index is 10.7. The van der Waals surface area contributed by atoms with E-state index in [0.29, 0.717) is 0 Å². The fraction of sp³-hybridized carbons (Fsp3) is 0.571. The normalized spacial score (nSPS) is 11.6. The molecule has 0 saturated carbocycles. The summed E-state index contributed by atoms with van der Waals surface area (Å²) in [7, 11) is 1.60. The van der Waals surface area contributed by atoms with Crippen molar-refractivity contribution in [3.8, 4) is 0 Å². The molecule has 7 nitrogen and oxygen atoms in total. The molecule has 1 aromatic heterocycles. The van der Waals surface area contributed by atoms with Crippen LogP contribution >= 0.6 is 0 Å². The first-order valence-electron chi connectivity index (χ1n) is 3.92. The van der Waals surface area contributed by atoms with Crippen LogP contribution in [0, 0.1) is 10.1 Å². The molecule has 1 rings (SSSR count). The molecule has 1 heterocycles. The van der Waals surface area contributed by atoms with Crippen molar-refractivity contribution in [3.05, 3.63) is 28.1 Å². The van der Waals surface area contributed by atoms with Crippen molar-refractivity contribution in [2.75, 3.05) is 13.2 Å². The molecule has 0 aliphatic rings. The molecule has 14 heavy (non-hydrogen) atoms. The van der Waals surface area contributed by atoms with E-state index in [2.05, 4.69) is 5.10 Å². The van der Waals surface area contributed by atoms with Crippen LogP contribution in [0.5, 0.6) is 0 Å². The van der Waals surface area contributed by atoms with Gasteiger partial charge in [0.2, 0.25) is 0 Å². The van der Waals surface area contributed by atoms with Gasteiger partial charge in [-0.3, -0.25) is 14.8 Å². The number of hydrogen-bond donors (Lipinski definition) is 2. The van der Waals surface area contributed by atoms with Crippen LogP contribution in [-0.4, -0.2) is 38.1 Å². The third-order valence-electron chi connectivity index (χ3n) is 2.11. The lowest BCUT2D eigenvalue weighted by Crippen LogP contribution is -2.42. The van der Waals surface area contributed by atoms with Gasteiger partial charge in [-0.1, -0.05) is 0 Å². The first-order valence-corrected chi connectivity index (χ1v) is 3.92. The number of aliphatic hydroxyl groups is 2. The Balaban J connectivity index is 3.16. The lowest BCUT2D eigenvalue weighted by Gasteiger charge is -2.18. The van der Waals surface area contributed by atoms with E-state index in [-0.39, 0.29) is 5.56 Å². The molecular formula is C7H11N3O4. The molecule has 0 aromatic carbocycles. The zero-order chi connectivity index (χ0) is 10.8. The van der Waals surface area contributed by atoms with Gasteiger partial charge in [0, 0.05) is 18.2 Å². The Morgan fingerprint density at radius 3 is 2.50 bits per heavy atom. The monoisotopic (exact) mass is 201 g/mol. The van der Waals surface area contributed by atoms with Crippen molar-refractivity contribution in [3.63, 3.8) is 0 Å². The second kappa shape index (κ2) is 3.72. The Morgan fingerprint density at radius 2 is 2.21 bits per heavy atom. The van der Waals surface area contributed by atoms with Crippen molar-refractivity contribution in [2.24, 2.45) is 7.05 Å². The molecule has 0 fully saturated rings. The van der Waals surface area contributed by atoms with Crippen LogP contribution in [0.3, 0.4) is 0 Å². The van der Waals surface area contributed by atoms with Crippen LogP contribution in [0.1, 0.15) is 5.56 Å². The second-order valence-corrected chi connectivity index (χ2v) is 3.01. The van der Waals surface area contributed by atoms with Crippen LogP contribution < -0.4 is 0 Å². The Morgan fingerprint density at radius 1 is 1.64 bits per heavy atom.